The van der Waals surface area contributed by atoms with Gasteiger partial charge in [0.05, 0.1) is 0 Å². The van der Waals surface area contributed by atoms with Crippen LogP contribution in [0.4, 0.5) is 0 Å². The van der Waals surface area contributed by atoms with Crippen molar-refractivity contribution < 1.29 is 0 Å². The van der Waals surface area contributed by atoms with E-state index in [0.717, 1.165) is 5.33 Å². The van der Waals surface area contributed by atoms with Crippen molar-refractivity contribution in [3.8, 4) is 0 Å². The van der Waals surface area contributed by atoms with Gasteiger partial charge in [-0.25, -0.2) is 0 Å². The van der Waals surface area contributed by atoms with E-state index in [2.05, 4.69) is 153 Å². The standard InChI is InChI=1S/C18H15P.C15H21Br/c1-4-10-16(11-5-1)19(17-12-6-2-7-13-17)18-14-8-3-9-15-18;1-14(2)7-8-15(3,4)13-9-11(10-16)5-6-12(13)14/h1-15H;5-6,9H,7-8,10H2,1-4H3. The Morgan fingerprint density at radius 2 is 0.971 bits per heavy atom. The second kappa shape index (κ2) is 11.2. The fraction of sp³-hybridized carbons (Fsp3) is 0.273. The first kappa shape index (κ1) is 25.9. The number of hydrogen-bond donors (Lipinski definition) is 0. The van der Waals surface area contributed by atoms with Gasteiger partial charge >= 0.3 is 0 Å². The predicted molar refractivity (Wildman–Crippen MR) is 160 cm³/mol. The van der Waals surface area contributed by atoms with Gasteiger partial charge in [0, 0.05) is 5.33 Å². The van der Waals surface area contributed by atoms with E-state index < -0.39 is 7.92 Å². The molecule has 2 heteroatoms. The fourth-order valence-electron chi connectivity index (χ4n) is 4.90. The normalized spacial score (nSPS) is 15.6. The summed E-state index contributed by atoms with van der Waals surface area (Å²) in [7, 11) is -0.446. The van der Waals surface area contributed by atoms with Gasteiger partial charge in [-0.05, 0) is 64.2 Å². The zero-order valence-electron chi connectivity index (χ0n) is 21.3. The number of rotatable bonds is 4. The predicted octanol–water partition coefficient (Wildman–Crippen LogP) is 8.38. The Morgan fingerprint density at radius 3 is 1.37 bits per heavy atom. The molecule has 0 heterocycles. The van der Waals surface area contributed by atoms with Gasteiger partial charge in [0.2, 0.25) is 0 Å². The van der Waals surface area contributed by atoms with Crippen molar-refractivity contribution in [1.82, 2.24) is 0 Å². The topological polar surface area (TPSA) is 0 Å². The zero-order chi connectivity index (χ0) is 24.9. The monoisotopic (exact) mass is 542 g/mol. The summed E-state index contributed by atoms with van der Waals surface area (Å²) in [6.45, 7) is 9.49. The lowest BCUT2D eigenvalue weighted by molar-refractivity contribution is 0.331. The van der Waals surface area contributed by atoms with Gasteiger partial charge in [-0.3, -0.25) is 0 Å². The summed E-state index contributed by atoms with van der Waals surface area (Å²) in [5.41, 5.74) is 5.18. The molecule has 1 aliphatic rings. The lowest BCUT2D eigenvalue weighted by atomic mass is 9.63. The quantitative estimate of drug-likeness (QED) is 0.179. The molecule has 1 aliphatic carbocycles. The summed E-state index contributed by atoms with van der Waals surface area (Å²) in [5.74, 6) is 0. The van der Waals surface area contributed by atoms with Crippen LogP contribution >= 0.6 is 23.9 Å². The number of benzene rings is 4. The third kappa shape index (κ3) is 6.14. The van der Waals surface area contributed by atoms with Crippen LogP contribution in [0.25, 0.3) is 0 Å². The first-order valence-corrected chi connectivity index (χ1v) is 14.9. The van der Waals surface area contributed by atoms with E-state index in [-0.39, 0.29) is 0 Å². The number of alkyl halides is 1. The Morgan fingerprint density at radius 1 is 0.571 bits per heavy atom. The zero-order valence-corrected chi connectivity index (χ0v) is 23.8. The summed E-state index contributed by atoms with van der Waals surface area (Å²) in [4.78, 5) is 0. The highest BCUT2D eigenvalue weighted by molar-refractivity contribution is 9.08. The minimum Gasteiger partial charge on any atom is -0.0876 e. The molecule has 0 aliphatic heterocycles. The molecule has 5 rings (SSSR count). The van der Waals surface area contributed by atoms with Gasteiger partial charge in [-0.1, -0.05) is 153 Å². The second-order valence-corrected chi connectivity index (χ2v) is 13.4. The van der Waals surface area contributed by atoms with Crippen molar-refractivity contribution in [2.24, 2.45) is 0 Å². The maximum absolute atomic E-state index is 3.55. The number of halogens is 1. The van der Waals surface area contributed by atoms with E-state index in [1.807, 2.05) is 0 Å². The van der Waals surface area contributed by atoms with Crippen LogP contribution in [-0.2, 0) is 16.2 Å². The van der Waals surface area contributed by atoms with Crippen molar-refractivity contribution in [3.63, 3.8) is 0 Å². The summed E-state index contributed by atoms with van der Waals surface area (Å²) in [6.07, 6.45) is 2.58. The Kier molecular flexibility index (Phi) is 8.31. The van der Waals surface area contributed by atoms with Gasteiger partial charge in [0.1, 0.15) is 0 Å². The first-order chi connectivity index (χ1) is 16.8. The molecular formula is C33H36BrP. The third-order valence-corrected chi connectivity index (χ3v) is 10.2. The van der Waals surface area contributed by atoms with E-state index in [9.17, 15) is 0 Å². The van der Waals surface area contributed by atoms with Crippen LogP contribution < -0.4 is 15.9 Å². The average molecular weight is 544 g/mol. The molecule has 0 amide bonds. The Labute approximate surface area is 221 Å². The van der Waals surface area contributed by atoms with Crippen LogP contribution in [0.3, 0.4) is 0 Å². The molecule has 0 spiro atoms. The molecule has 35 heavy (non-hydrogen) atoms. The highest BCUT2D eigenvalue weighted by atomic mass is 79.9. The van der Waals surface area contributed by atoms with E-state index >= 15 is 0 Å². The fourth-order valence-corrected chi connectivity index (χ4v) is 7.55. The molecule has 0 radical (unpaired) electrons. The maximum Gasteiger partial charge on any atom is 0.0283 e. The minimum absolute atomic E-state index is 0.336. The summed E-state index contributed by atoms with van der Waals surface area (Å²) in [5, 5.41) is 5.15. The number of hydrogen-bond acceptors (Lipinski definition) is 0. The molecule has 4 aromatic carbocycles. The van der Waals surface area contributed by atoms with Gasteiger partial charge in [-0.15, -0.1) is 0 Å². The average Bonchev–Trinajstić information content (AvgIpc) is 2.89. The van der Waals surface area contributed by atoms with E-state index in [1.54, 1.807) is 11.1 Å². The second-order valence-electron chi connectivity index (χ2n) is 10.6. The molecule has 180 valence electrons. The van der Waals surface area contributed by atoms with Gasteiger partial charge in [-0.2, -0.15) is 0 Å². The highest BCUT2D eigenvalue weighted by Crippen LogP contribution is 2.46. The minimum atomic E-state index is -0.446. The Balaban J connectivity index is 0.000000168. The molecule has 0 fully saturated rings. The van der Waals surface area contributed by atoms with E-state index in [1.165, 1.54) is 34.3 Å². The molecule has 0 unspecified atom stereocenters. The maximum atomic E-state index is 3.55. The lowest BCUT2D eigenvalue weighted by Crippen LogP contribution is -2.33. The molecule has 0 N–H and O–H groups in total. The lowest BCUT2D eigenvalue weighted by Gasteiger charge is -2.42. The van der Waals surface area contributed by atoms with Crippen LogP contribution in [-0.4, -0.2) is 0 Å². The SMILES string of the molecule is CC1(C)CCC(C)(C)c2cc(CBr)ccc21.c1ccc(P(c2ccccc2)c2ccccc2)cc1. The molecule has 0 saturated carbocycles. The van der Waals surface area contributed by atoms with E-state index in [0.29, 0.717) is 10.8 Å². The summed E-state index contributed by atoms with van der Waals surface area (Å²) >= 11 is 3.55. The Bertz CT molecular complexity index is 1120. The molecule has 4 aromatic rings. The third-order valence-electron chi connectivity index (χ3n) is 7.11. The van der Waals surface area contributed by atoms with Crippen molar-refractivity contribution in [2.45, 2.75) is 56.7 Å². The van der Waals surface area contributed by atoms with Crippen LogP contribution in [0.1, 0.15) is 57.2 Å². The molecule has 0 bridgehead atoms. The molecule has 0 nitrogen and oxygen atoms in total. The largest absolute Gasteiger partial charge is 0.0876 e. The highest BCUT2D eigenvalue weighted by Gasteiger charge is 2.36. The molecule has 0 aromatic heterocycles. The van der Waals surface area contributed by atoms with Crippen LogP contribution in [0.5, 0.6) is 0 Å². The first-order valence-electron chi connectivity index (χ1n) is 12.5. The summed E-state index contributed by atoms with van der Waals surface area (Å²) in [6, 6.07) is 39.3. The molecule has 0 saturated heterocycles. The van der Waals surface area contributed by atoms with Crippen molar-refractivity contribution in [3.05, 3.63) is 126 Å². The van der Waals surface area contributed by atoms with Crippen molar-refractivity contribution in [1.29, 1.82) is 0 Å². The van der Waals surface area contributed by atoms with Gasteiger partial charge in [0.15, 0.2) is 0 Å². The molecular weight excluding hydrogens is 507 g/mol. The van der Waals surface area contributed by atoms with Crippen LogP contribution in [0.15, 0.2) is 109 Å². The van der Waals surface area contributed by atoms with Gasteiger partial charge in [0.25, 0.3) is 0 Å². The van der Waals surface area contributed by atoms with Crippen LogP contribution in [0, 0.1) is 0 Å². The van der Waals surface area contributed by atoms with Crippen molar-refractivity contribution in [2.75, 3.05) is 0 Å². The van der Waals surface area contributed by atoms with Gasteiger partial charge < -0.3 is 0 Å². The Hall–Kier alpha value is -2.21. The smallest absolute Gasteiger partial charge is 0.0283 e. The number of fused-ring (bicyclic) bond motifs is 1. The van der Waals surface area contributed by atoms with E-state index in [4.69, 9.17) is 0 Å². The van der Waals surface area contributed by atoms with Crippen LogP contribution in [0.2, 0.25) is 0 Å². The summed E-state index contributed by atoms with van der Waals surface area (Å²) < 4.78 is 0. The van der Waals surface area contributed by atoms with Crippen molar-refractivity contribution >= 4 is 39.8 Å². The molecule has 0 atom stereocenters.